The Labute approximate surface area is 200 Å². The molecule has 0 bridgehead atoms. The Morgan fingerprint density at radius 2 is 1.85 bits per heavy atom. The molecule has 2 heterocycles. The minimum atomic E-state index is -0.0489. The number of piperidine rings is 1. The number of amides is 1. The monoisotopic (exact) mass is 517 g/mol. The standard InChI is InChI=1S/C25H31N3O4Se/c1-17(29)26-20-6-4-5-19(13-20)16-27-10-7-18(8-11-27)9-12-28-25(30)21-14-22(31-2)23(32-3)15-24(21)33-28/h4-6,13-15,18H,7-12,16H2,1-3H3,(H,26,29). The number of aryl methyl sites for hydroxylation is 1. The Morgan fingerprint density at radius 3 is 2.55 bits per heavy atom. The SMILES string of the molecule is COc1cc2[se]n(CCC3CCN(Cc4cccc(NC(C)=O)c4)CC3)c(=O)c2cc1OC. The van der Waals surface area contributed by atoms with Gasteiger partial charge in [-0.3, -0.25) is 4.79 Å². The first-order valence-electron chi connectivity index (χ1n) is 11.3. The average molecular weight is 517 g/mol. The molecule has 0 atom stereocenters. The number of hydrogen-bond donors (Lipinski definition) is 1. The molecular formula is C25H31N3O4Se. The van der Waals surface area contributed by atoms with Gasteiger partial charge >= 0.3 is 183 Å². The third-order valence-electron chi connectivity index (χ3n) is 6.25. The fourth-order valence-corrected chi connectivity index (χ4v) is 6.63. The van der Waals surface area contributed by atoms with Crippen molar-refractivity contribution in [2.45, 2.75) is 39.3 Å². The van der Waals surface area contributed by atoms with Gasteiger partial charge in [0.25, 0.3) is 0 Å². The molecule has 7 nitrogen and oxygen atoms in total. The molecule has 1 aliphatic rings. The molecule has 1 aliphatic heterocycles. The van der Waals surface area contributed by atoms with E-state index >= 15 is 0 Å². The van der Waals surface area contributed by atoms with Gasteiger partial charge in [-0.15, -0.1) is 0 Å². The van der Waals surface area contributed by atoms with Crippen molar-refractivity contribution in [1.29, 1.82) is 0 Å². The molecule has 8 heteroatoms. The van der Waals surface area contributed by atoms with E-state index in [1.54, 1.807) is 14.2 Å². The summed E-state index contributed by atoms with van der Waals surface area (Å²) in [7, 11) is 3.22. The van der Waals surface area contributed by atoms with Gasteiger partial charge in [0, 0.05) is 6.92 Å². The van der Waals surface area contributed by atoms with Gasteiger partial charge in [0.1, 0.15) is 0 Å². The summed E-state index contributed by atoms with van der Waals surface area (Å²) < 4.78 is 13.8. The third-order valence-corrected chi connectivity index (χ3v) is 8.57. The Kier molecular flexibility index (Phi) is 7.58. The van der Waals surface area contributed by atoms with Crippen molar-refractivity contribution in [3.8, 4) is 11.5 Å². The summed E-state index contributed by atoms with van der Waals surface area (Å²) in [4.78, 5) is 26.7. The number of anilines is 1. The maximum absolute atomic E-state index is 12.9. The maximum atomic E-state index is 12.9. The van der Waals surface area contributed by atoms with Crippen LogP contribution >= 0.6 is 0 Å². The van der Waals surface area contributed by atoms with Crippen LogP contribution in [0.3, 0.4) is 0 Å². The van der Waals surface area contributed by atoms with Gasteiger partial charge in [-0.05, 0) is 0 Å². The number of rotatable bonds is 8. The average Bonchev–Trinajstić information content (AvgIpc) is 3.12. The Balaban J connectivity index is 1.32. The zero-order valence-electron chi connectivity index (χ0n) is 19.4. The van der Waals surface area contributed by atoms with Crippen molar-refractivity contribution in [3.63, 3.8) is 0 Å². The number of nitrogens with one attached hydrogen (secondary N) is 1. The summed E-state index contributed by atoms with van der Waals surface area (Å²) in [6, 6.07) is 11.8. The topological polar surface area (TPSA) is 72.8 Å². The predicted octanol–water partition coefficient (Wildman–Crippen LogP) is 3.34. The second-order valence-electron chi connectivity index (χ2n) is 8.59. The van der Waals surface area contributed by atoms with Crippen LogP contribution in [0.2, 0.25) is 0 Å². The number of methoxy groups -OCH3 is 2. The Morgan fingerprint density at radius 1 is 1.12 bits per heavy atom. The molecule has 2 aromatic carbocycles. The van der Waals surface area contributed by atoms with Crippen LogP contribution in [0.5, 0.6) is 11.5 Å². The number of carbonyl (C=O) groups excluding carboxylic acids is 1. The zero-order chi connectivity index (χ0) is 23.4. The zero-order valence-corrected chi connectivity index (χ0v) is 21.1. The molecule has 0 spiro atoms. The normalized spacial score (nSPS) is 15.0. The van der Waals surface area contributed by atoms with E-state index in [1.807, 2.05) is 27.8 Å². The number of fused-ring (bicyclic) bond motifs is 1. The summed E-state index contributed by atoms with van der Waals surface area (Å²) >= 11 is -0.00834. The molecular weight excluding hydrogens is 485 g/mol. The van der Waals surface area contributed by atoms with Crippen LogP contribution in [-0.2, 0) is 17.9 Å². The molecule has 176 valence electrons. The van der Waals surface area contributed by atoms with E-state index < -0.39 is 0 Å². The van der Waals surface area contributed by atoms with Crippen molar-refractivity contribution in [3.05, 3.63) is 52.3 Å². The van der Waals surface area contributed by atoms with Crippen LogP contribution in [0.4, 0.5) is 5.69 Å². The molecule has 1 saturated heterocycles. The molecule has 0 aliphatic carbocycles. The molecule has 3 aromatic rings. The van der Waals surface area contributed by atoms with Gasteiger partial charge in [0.15, 0.2) is 0 Å². The van der Waals surface area contributed by atoms with Crippen LogP contribution in [0.15, 0.2) is 41.2 Å². The van der Waals surface area contributed by atoms with E-state index in [2.05, 4.69) is 22.3 Å². The van der Waals surface area contributed by atoms with Gasteiger partial charge in [-0.25, -0.2) is 0 Å². The van der Waals surface area contributed by atoms with Crippen molar-refractivity contribution in [2.75, 3.05) is 32.6 Å². The number of likely N-dealkylation sites (tertiary alicyclic amines) is 1. The van der Waals surface area contributed by atoms with Crippen LogP contribution in [0.25, 0.3) is 9.65 Å². The molecule has 0 saturated carbocycles. The number of carbonyl (C=O) groups is 1. The number of ether oxygens (including phenoxy) is 2. The molecule has 1 aromatic heterocycles. The summed E-state index contributed by atoms with van der Waals surface area (Å²) in [6.45, 7) is 5.35. The summed E-state index contributed by atoms with van der Waals surface area (Å²) in [6.07, 6.45) is 3.34. The van der Waals surface area contributed by atoms with E-state index in [0.717, 1.165) is 60.8 Å². The minimum absolute atomic E-state index is 0.00834. The van der Waals surface area contributed by atoms with E-state index in [0.29, 0.717) is 17.4 Å². The number of nitrogens with zero attached hydrogens (tertiary/aromatic N) is 2. The molecule has 1 fully saturated rings. The molecule has 33 heavy (non-hydrogen) atoms. The third kappa shape index (κ3) is 5.69. The van der Waals surface area contributed by atoms with E-state index in [1.165, 1.54) is 12.5 Å². The van der Waals surface area contributed by atoms with Crippen LogP contribution in [-0.4, -0.2) is 56.4 Å². The van der Waals surface area contributed by atoms with Crippen molar-refractivity contribution in [1.82, 2.24) is 8.46 Å². The number of hydrogen-bond acceptors (Lipinski definition) is 5. The van der Waals surface area contributed by atoms with Crippen LogP contribution in [0.1, 0.15) is 31.7 Å². The quantitative estimate of drug-likeness (QED) is 0.465. The second kappa shape index (κ2) is 10.6. The van der Waals surface area contributed by atoms with E-state index in [9.17, 15) is 9.59 Å². The second-order valence-corrected chi connectivity index (χ2v) is 10.8. The first-order chi connectivity index (χ1) is 16.0. The van der Waals surface area contributed by atoms with Crippen molar-refractivity contribution < 1.29 is 14.3 Å². The molecule has 4 rings (SSSR count). The van der Waals surface area contributed by atoms with Crippen LogP contribution < -0.4 is 20.3 Å². The molecule has 0 unspecified atom stereocenters. The summed E-state index contributed by atoms with van der Waals surface area (Å²) in [5.74, 6) is 1.88. The van der Waals surface area contributed by atoms with E-state index in [-0.39, 0.29) is 26.2 Å². The van der Waals surface area contributed by atoms with Gasteiger partial charge < -0.3 is 0 Å². The van der Waals surface area contributed by atoms with Gasteiger partial charge in [-0.2, -0.15) is 0 Å². The fourth-order valence-electron chi connectivity index (χ4n) is 4.49. The number of benzene rings is 2. The van der Waals surface area contributed by atoms with Crippen molar-refractivity contribution >= 4 is 36.0 Å². The first-order valence-corrected chi connectivity index (χ1v) is 12.9. The van der Waals surface area contributed by atoms with Crippen molar-refractivity contribution in [2.24, 2.45) is 5.92 Å². The number of aromatic nitrogens is 1. The van der Waals surface area contributed by atoms with Gasteiger partial charge in [0.05, 0.1) is 0 Å². The molecule has 0 radical (unpaired) electrons. The van der Waals surface area contributed by atoms with Crippen LogP contribution in [0, 0.1) is 5.92 Å². The molecule has 1 N–H and O–H groups in total. The fraction of sp³-hybridized carbons (Fsp3) is 0.440. The summed E-state index contributed by atoms with van der Waals surface area (Å²) in [5, 5.41) is 3.61. The molecule has 1 amide bonds. The first kappa shape index (κ1) is 23.6. The summed E-state index contributed by atoms with van der Waals surface area (Å²) in [5.41, 5.74) is 2.18. The Bertz CT molecular complexity index is 1180. The predicted molar refractivity (Wildman–Crippen MR) is 132 cm³/mol. The Hall–Kier alpha value is -2.54. The van der Waals surface area contributed by atoms with Gasteiger partial charge in [-0.1, -0.05) is 0 Å². The van der Waals surface area contributed by atoms with Gasteiger partial charge in [0.2, 0.25) is 5.91 Å². The van der Waals surface area contributed by atoms with E-state index in [4.69, 9.17) is 9.47 Å².